The molecule has 0 N–H and O–H groups in total. The Labute approximate surface area is 155 Å². The lowest BCUT2D eigenvalue weighted by molar-refractivity contribution is -0.129. The largest absolute Gasteiger partial charge is 0.486 e. The van der Waals surface area contributed by atoms with E-state index in [4.69, 9.17) is 9.47 Å². The summed E-state index contributed by atoms with van der Waals surface area (Å²) in [4.78, 5) is 15.5. The van der Waals surface area contributed by atoms with Gasteiger partial charge in [0.2, 0.25) is 5.91 Å². The molecule has 0 saturated carbocycles. The molecule has 0 radical (unpaired) electrons. The molecule has 2 aromatic rings. The van der Waals surface area contributed by atoms with Gasteiger partial charge in [-0.1, -0.05) is 24.3 Å². The molecular formula is C19H19NO3S2. The number of carbonyl (C=O) groups is 1. The fourth-order valence-electron chi connectivity index (χ4n) is 3.07. The van der Waals surface area contributed by atoms with E-state index in [-0.39, 0.29) is 17.4 Å². The lowest BCUT2D eigenvalue weighted by Gasteiger charge is -2.32. The van der Waals surface area contributed by atoms with Crippen LogP contribution >= 0.6 is 23.5 Å². The zero-order valence-electron chi connectivity index (χ0n) is 13.9. The van der Waals surface area contributed by atoms with Crippen molar-refractivity contribution in [1.29, 1.82) is 0 Å². The smallest absolute Gasteiger partial charge is 0.233 e. The number of amides is 1. The summed E-state index contributed by atoms with van der Waals surface area (Å²) in [6, 6.07) is 16.1. The van der Waals surface area contributed by atoms with Gasteiger partial charge in [-0.05, 0) is 36.1 Å². The van der Waals surface area contributed by atoms with E-state index >= 15 is 0 Å². The Hall–Kier alpha value is -1.79. The number of nitrogens with zero attached hydrogens (tertiary/aromatic N) is 1. The summed E-state index contributed by atoms with van der Waals surface area (Å²) in [6.45, 7) is 0.999. The maximum absolute atomic E-state index is 12.4. The first-order valence-electron chi connectivity index (χ1n) is 8.18. The molecule has 2 aromatic carbocycles. The number of thioether (sulfide) groups is 2. The third kappa shape index (κ3) is 3.46. The molecule has 0 aromatic heterocycles. The highest BCUT2D eigenvalue weighted by molar-refractivity contribution is 8.00. The van der Waals surface area contributed by atoms with Crippen LogP contribution in [-0.4, -0.2) is 42.1 Å². The lowest BCUT2D eigenvalue weighted by atomic mass is 10.2. The Morgan fingerprint density at radius 1 is 1.16 bits per heavy atom. The minimum absolute atomic E-state index is 0.0455. The van der Waals surface area contributed by atoms with E-state index in [9.17, 15) is 4.79 Å². The molecule has 25 heavy (non-hydrogen) atoms. The van der Waals surface area contributed by atoms with Crippen molar-refractivity contribution in [3.63, 3.8) is 0 Å². The number of para-hydroxylation sites is 2. The predicted molar refractivity (Wildman–Crippen MR) is 101 cm³/mol. The number of benzene rings is 2. The summed E-state index contributed by atoms with van der Waals surface area (Å²) in [6.07, 6.45) is 1.92. The van der Waals surface area contributed by atoms with Crippen molar-refractivity contribution in [1.82, 2.24) is 4.90 Å². The molecule has 1 amide bonds. The van der Waals surface area contributed by atoms with E-state index in [0.717, 1.165) is 17.1 Å². The SMILES string of the molecule is CSc1ccc(C2SCC(=O)N2CC2COc3ccccc3O2)cc1. The first-order chi connectivity index (χ1) is 12.2. The normalized spacial score (nSPS) is 22.3. The maximum Gasteiger partial charge on any atom is 0.233 e. The Morgan fingerprint density at radius 3 is 2.68 bits per heavy atom. The summed E-state index contributed by atoms with van der Waals surface area (Å²) < 4.78 is 11.8. The van der Waals surface area contributed by atoms with Gasteiger partial charge in [0, 0.05) is 4.90 Å². The molecule has 2 aliphatic heterocycles. The molecule has 2 atom stereocenters. The van der Waals surface area contributed by atoms with Gasteiger partial charge < -0.3 is 14.4 Å². The molecule has 0 bridgehead atoms. The monoisotopic (exact) mass is 373 g/mol. The fourth-order valence-corrected chi connectivity index (χ4v) is 4.68. The molecule has 130 valence electrons. The second-order valence-electron chi connectivity index (χ2n) is 5.98. The van der Waals surface area contributed by atoms with Gasteiger partial charge in [0.05, 0.1) is 12.3 Å². The van der Waals surface area contributed by atoms with E-state index in [1.165, 1.54) is 4.90 Å². The molecule has 2 heterocycles. The van der Waals surface area contributed by atoms with Gasteiger partial charge >= 0.3 is 0 Å². The van der Waals surface area contributed by atoms with Crippen LogP contribution in [0.25, 0.3) is 0 Å². The van der Waals surface area contributed by atoms with Crippen molar-refractivity contribution >= 4 is 29.4 Å². The number of hydrogen-bond donors (Lipinski definition) is 0. The Morgan fingerprint density at radius 2 is 1.92 bits per heavy atom. The van der Waals surface area contributed by atoms with Gasteiger partial charge in [0.15, 0.2) is 17.6 Å². The minimum Gasteiger partial charge on any atom is -0.486 e. The molecule has 1 fully saturated rings. The molecule has 2 aliphatic rings. The molecule has 1 saturated heterocycles. The average molecular weight is 373 g/mol. The third-order valence-electron chi connectivity index (χ3n) is 4.34. The van der Waals surface area contributed by atoms with Gasteiger partial charge in [-0.25, -0.2) is 0 Å². The van der Waals surface area contributed by atoms with Crippen molar-refractivity contribution in [2.45, 2.75) is 16.4 Å². The van der Waals surface area contributed by atoms with Crippen LogP contribution in [-0.2, 0) is 4.79 Å². The highest BCUT2D eigenvalue weighted by atomic mass is 32.2. The quantitative estimate of drug-likeness (QED) is 0.762. The van der Waals surface area contributed by atoms with E-state index in [2.05, 4.69) is 30.5 Å². The van der Waals surface area contributed by atoms with E-state index in [1.54, 1.807) is 23.5 Å². The molecule has 6 heteroatoms. The topological polar surface area (TPSA) is 38.8 Å². The molecular weight excluding hydrogens is 354 g/mol. The average Bonchev–Trinajstić information content (AvgIpc) is 3.02. The van der Waals surface area contributed by atoms with Crippen LogP contribution in [0.3, 0.4) is 0 Å². The molecule has 2 unspecified atom stereocenters. The zero-order chi connectivity index (χ0) is 17.2. The molecule has 0 spiro atoms. The van der Waals surface area contributed by atoms with Gasteiger partial charge in [-0.3, -0.25) is 4.79 Å². The van der Waals surface area contributed by atoms with Crippen LogP contribution in [0.5, 0.6) is 11.5 Å². The van der Waals surface area contributed by atoms with Crippen LogP contribution in [0.4, 0.5) is 0 Å². The summed E-state index contributed by atoms with van der Waals surface area (Å²) in [5, 5.41) is 0.0455. The standard InChI is InChI=1S/C19H19NO3S2/c1-24-15-8-6-13(7-9-15)19-20(18(21)12-25-19)10-14-11-22-16-4-2-3-5-17(16)23-14/h2-9,14,19H,10-12H2,1H3. The second kappa shape index (κ2) is 7.22. The number of hydrogen-bond acceptors (Lipinski definition) is 5. The van der Waals surface area contributed by atoms with Crippen LogP contribution < -0.4 is 9.47 Å². The van der Waals surface area contributed by atoms with Crippen molar-refractivity contribution in [2.24, 2.45) is 0 Å². The van der Waals surface area contributed by atoms with Gasteiger partial charge in [0.25, 0.3) is 0 Å². The number of ether oxygens (including phenoxy) is 2. The third-order valence-corrected chi connectivity index (χ3v) is 6.34. The fraction of sp³-hybridized carbons (Fsp3) is 0.316. The van der Waals surface area contributed by atoms with Crippen molar-refractivity contribution in [3.8, 4) is 11.5 Å². The Bertz CT molecular complexity index is 766. The zero-order valence-corrected chi connectivity index (χ0v) is 15.5. The summed E-state index contributed by atoms with van der Waals surface area (Å²) in [7, 11) is 0. The first-order valence-corrected chi connectivity index (χ1v) is 10.5. The van der Waals surface area contributed by atoms with Crippen molar-refractivity contribution in [2.75, 3.05) is 25.2 Å². The predicted octanol–water partition coefficient (Wildman–Crippen LogP) is 3.82. The summed E-state index contributed by atoms with van der Waals surface area (Å²) in [5.74, 6) is 2.19. The van der Waals surface area contributed by atoms with E-state index in [1.807, 2.05) is 29.2 Å². The highest BCUT2D eigenvalue weighted by Gasteiger charge is 2.36. The summed E-state index contributed by atoms with van der Waals surface area (Å²) >= 11 is 3.39. The highest BCUT2D eigenvalue weighted by Crippen LogP contribution is 2.40. The molecule has 4 nitrogen and oxygen atoms in total. The Kier molecular flexibility index (Phi) is 4.81. The lowest BCUT2D eigenvalue weighted by Crippen LogP contribution is -2.42. The minimum atomic E-state index is -0.148. The van der Waals surface area contributed by atoms with E-state index < -0.39 is 0 Å². The Balaban J connectivity index is 1.49. The number of fused-ring (bicyclic) bond motifs is 1. The van der Waals surface area contributed by atoms with Gasteiger partial charge in [-0.2, -0.15) is 0 Å². The van der Waals surface area contributed by atoms with E-state index in [0.29, 0.717) is 18.9 Å². The van der Waals surface area contributed by atoms with Crippen LogP contribution in [0, 0.1) is 0 Å². The van der Waals surface area contributed by atoms with Gasteiger partial charge in [0.1, 0.15) is 12.0 Å². The second-order valence-corrected chi connectivity index (χ2v) is 7.93. The van der Waals surface area contributed by atoms with Crippen molar-refractivity contribution < 1.29 is 14.3 Å². The number of rotatable bonds is 4. The van der Waals surface area contributed by atoms with Crippen LogP contribution in [0.15, 0.2) is 53.4 Å². The summed E-state index contributed by atoms with van der Waals surface area (Å²) in [5.41, 5.74) is 1.16. The van der Waals surface area contributed by atoms with Crippen LogP contribution in [0.2, 0.25) is 0 Å². The van der Waals surface area contributed by atoms with Crippen molar-refractivity contribution in [3.05, 3.63) is 54.1 Å². The number of carbonyl (C=O) groups excluding carboxylic acids is 1. The molecule has 4 rings (SSSR count). The van der Waals surface area contributed by atoms with Gasteiger partial charge in [-0.15, -0.1) is 23.5 Å². The molecule has 0 aliphatic carbocycles. The first kappa shape index (κ1) is 16.7. The maximum atomic E-state index is 12.4. The van der Waals surface area contributed by atoms with Crippen LogP contribution in [0.1, 0.15) is 10.9 Å².